The Kier molecular flexibility index (Phi) is 5.65. The maximum atomic E-state index is 10.9. The number of hydrogen-bond acceptors (Lipinski definition) is 2. The monoisotopic (exact) mass is 309 g/mol. The molecular formula is C17H24ClNO2. The fourth-order valence-corrected chi connectivity index (χ4v) is 3.60. The van der Waals surface area contributed by atoms with Crippen molar-refractivity contribution < 1.29 is 9.90 Å². The minimum absolute atomic E-state index is 0.226. The standard InChI is InChI=1S/C17H24ClNO2/c1-12(10-17(20)21)14-6-5-9-19(11-14)13(2)15-7-3-4-8-16(15)18/h3-4,7-8,12-14H,5-6,9-11H2,1-2H3,(H,20,21). The fourth-order valence-electron chi connectivity index (χ4n) is 3.31. The lowest BCUT2D eigenvalue weighted by Gasteiger charge is -2.39. The van der Waals surface area contributed by atoms with Gasteiger partial charge in [-0.15, -0.1) is 0 Å². The van der Waals surface area contributed by atoms with Gasteiger partial charge in [0.2, 0.25) is 0 Å². The van der Waals surface area contributed by atoms with Gasteiger partial charge in [-0.05, 0) is 49.8 Å². The van der Waals surface area contributed by atoms with E-state index in [1.54, 1.807) is 0 Å². The first-order valence-corrected chi connectivity index (χ1v) is 8.07. The van der Waals surface area contributed by atoms with E-state index in [1.165, 1.54) is 0 Å². The van der Waals surface area contributed by atoms with Gasteiger partial charge < -0.3 is 5.11 Å². The highest BCUT2D eigenvalue weighted by Gasteiger charge is 2.29. The third-order valence-corrected chi connectivity index (χ3v) is 5.04. The van der Waals surface area contributed by atoms with Gasteiger partial charge in [0.05, 0.1) is 0 Å². The van der Waals surface area contributed by atoms with Crippen molar-refractivity contribution in [2.24, 2.45) is 11.8 Å². The minimum Gasteiger partial charge on any atom is -0.481 e. The van der Waals surface area contributed by atoms with Crippen LogP contribution >= 0.6 is 11.6 Å². The van der Waals surface area contributed by atoms with Crippen LogP contribution in [0.2, 0.25) is 5.02 Å². The fraction of sp³-hybridized carbons (Fsp3) is 0.588. The molecule has 1 N–H and O–H groups in total. The molecule has 21 heavy (non-hydrogen) atoms. The lowest BCUT2D eigenvalue weighted by Crippen LogP contribution is -2.39. The van der Waals surface area contributed by atoms with Crippen LogP contribution in [0, 0.1) is 11.8 Å². The first kappa shape index (κ1) is 16.3. The summed E-state index contributed by atoms with van der Waals surface area (Å²) >= 11 is 6.30. The van der Waals surface area contributed by atoms with E-state index in [9.17, 15) is 4.79 Å². The van der Waals surface area contributed by atoms with Gasteiger partial charge in [0.1, 0.15) is 0 Å². The molecule has 1 aliphatic heterocycles. The van der Waals surface area contributed by atoms with Crippen LogP contribution < -0.4 is 0 Å². The third-order valence-electron chi connectivity index (χ3n) is 4.69. The molecule has 2 rings (SSSR count). The molecule has 0 spiro atoms. The average Bonchev–Trinajstić information content (AvgIpc) is 2.46. The Morgan fingerprint density at radius 2 is 2.14 bits per heavy atom. The van der Waals surface area contributed by atoms with Crippen LogP contribution in [0.3, 0.4) is 0 Å². The first-order valence-electron chi connectivity index (χ1n) is 7.69. The Hall–Kier alpha value is -1.06. The number of piperidine rings is 1. The number of likely N-dealkylation sites (tertiary alicyclic amines) is 1. The number of rotatable bonds is 5. The highest BCUT2D eigenvalue weighted by Crippen LogP contribution is 2.33. The predicted molar refractivity (Wildman–Crippen MR) is 85.6 cm³/mol. The molecule has 0 aromatic heterocycles. The lowest BCUT2D eigenvalue weighted by atomic mass is 9.84. The second kappa shape index (κ2) is 7.28. The molecule has 1 fully saturated rings. The molecule has 3 nitrogen and oxygen atoms in total. The van der Waals surface area contributed by atoms with Crippen LogP contribution in [0.1, 0.15) is 44.7 Å². The Morgan fingerprint density at radius 3 is 2.81 bits per heavy atom. The molecule has 1 aromatic carbocycles. The molecule has 0 aliphatic carbocycles. The Bertz CT molecular complexity index is 491. The van der Waals surface area contributed by atoms with Crippen molar-refractivity contribution in [3.63, 3.8) is 0 Å². The van der Waals surface area contributed by atoms with Crippen molar-refractivity contribution in [3.05, 3.63) is 34.9 Å². The summed E-state index contributed by atoms with van der Waals surface area (Å²) < 4.78 is 0. The smallest absolute Gasteiger partial charge is 0.303 e. The van der Waals surface area contributed by atoms with Crippen LogP contribution in [0.25, 0.3) is 0 Å². The summed E-state index contributed by atoms with van der Waals surface area (Å²) in [6.07, 6.45) is 2.52. The Balaban J connectivity index is 2.03. The molecule has 3 atom stereocenters. The topological polar surface area (TPSA) is 40.5 Å². The molecule has 0 bridgehead atoms. The van der Waals surface area contributed by atoms with Crippen LogP contribution in [0.4, 0.5) is 0 Å². The lowest BCUT2D eigenvalue weighted by molar-refractivity contribution is -0.138. The molecule has 4 heteroatoms. The van der Waals surface area contributed by atoms with Crippen molar-refractivity contribution in [2.75, 3.05) is 13.1 Å². The summed E-state index contributed by atoms with van der Waals surface area (Å²) in [6, 6.07) is 8.26. The number of halogens is 1. The van der Waals surface area contributed by atoms with Crippen molar-refractivity contribution in [1.29, 1.82) is 0 Å². The second-order valence-corrected chi connectivity index (χ2v) is 6.58. The molecule has 1 aromatic rings. The minimum atomic E-state index is -0.696. The molecule has 0 radical (unpaired) electrons. The van der Waals surface area contributed by atoms with Crippen molar-refractivity contribution >= 4 is 17.6 Å². The van der Waals surface area contributed by atoms with Crippen LogP contribution in [-0.4, -0.2) is 29.1 Å². The van der Waals surface area contributed by atoms with Crippen LogP contribution in [-0.2, 0) is 4.79 Å². The Labute approximate surface area is 131 Å². The first-order chi connectivity index (χ1) is 9.99. The molecule has 116 valence electrons. The number of carboxylic acid groups (broad SMARTS) is 1. The zero-order valence-corrected chi connectivity index (χ0v) is 13.5. The number of carbonyl (C=O) groups is 1. The zero-order valence-electron chi connectivity index (χ0n) is 12.8. The quantitative estimate of drug-likeness (QED) is 0.885. The molecule has 0 amide bonds. The number of carboxylic acids is 1. The van der Waals surface area contributed by atoms with E-state index >= 15 is 0 Å². The van der Waals surface area contributed by atoms with E-state index in [4.69, 9.17) is 16.7 Å². The summed E-state index contributed by atoms with van der Waals surface area (Å²) in [6.45, 7) is 6.26. The second-order valence-electron chi connectivity index (χ2n) is 6.17. The largest absolute Gasteiger partial charge is 0.481 e. The maximum Gasteiger partial charge on any atom is 0.303 e. The van der Waals surface area contributed by atoms with E-state index in [1.807, 2.05) is 18.2 Å². The van der Waals surface area contributed by atoms with Gasteiger partial charge in [0.15, 0.2) is 0 Å². The van der Waals surface area contributed by atoms with Gasteiger partial charge in [0, 0.05) is 24.0 Å². The van der Waals surface area contributed by atoms with Crippen molar-refractivity contribution in [2.45, 2.75) is 39.2 Å². The SMILES string of the molecule is CC(CC(=O)O)C1CCCN(C(C)c2ccccc2Cl)C1. The third kappa shape index (κ3) is 4.21. The van der Waals surface area contributed by atoms with Gasteiger partial charge in [-0.25, -0.2) is 0 Å². The van der Waals surface area contributed by atoms with E-state index in [0.717, 1.165) is 36.5 Å². The normalized spacial score (nSPS) is 22.7. The van der Waals surface area contributed by atoms with E-state index in [0.29, 0.717) is 5.92 Å². The molecule has 1 saturated heterocycles. The van der Waals surface area contributed by atoms with Gasteiger partial charge >= 0.3 is 5.97 Å². The molecule has 3 unspecified atom stereocenters. The summed E-state index contributed by atoms with van der Waals surface area (Å²) in [4.78, 5) is 13.3. The summed E-state index contributed by atoms with van der Waals surface area (Å²) in [5.41, 5.74) is 1.16. The van der Waals surface area contributed by atoms with Crippen molar-refractivity contribution in [3.8, 4) is 0 Å². The number of hydrogen-bond donors (Lipinski definition) is 1. The summed E-state index contributed by atoms with van der Waals surface area (Å²) in [7, 11) is 0. The molecular weight excluding hydrogens is 286 g/mol. The van der Waals surface area contributed by atoms with Gasteiger partial charge in [-0.2, -0.15) is 0 Å². The Morgan fingerprint density at radius 1 is 1.43 bits per heavy atom. The number of benzene rings is 1. The van der Waals surface area contributed by atoms with Gasteiger partial charge in [-0.1, -0.05) is 36.7 Å². The molecule has 1 heterocycles. The summed E-state index contributed by atoms with van der Waals surface area (Å²) in [5, 5.41) is 9.78. The molecule has 0 saturated carbocycles. The van der Waals surface area contributed by atoms with Crippen LogP contribution in [0.5, 0.6) is 0 Å². The van der Waals surface area contributed by atoms with Gasteiger partial charge in [0.25, 0.3) is 0 Å². The highest BCUT2D eigenvalue weighted by molar-refractivity contribution is 6.31. The summed E-state index contributed by atoms with van der Waals surface area (Å²) in [5.74, 6) is -0.0118. The number of nitrogens with zero attached hydrogens (tertiary/aromatic N) is 1. The highest BCUT2D eigenvalue weighted by atomic mass is 35.5. The van der Waals surface area contributed by atoms with E-state index < -0.39 is 5.97 Å². The van der Waals surface area contributed by atoms with E-state index in [2.05, 4.69) is 24.8 Å². The van der Waals surface area contributed by atoms with Gasteiger partial charge in [-0.3, -0.25) is 9.69 Å². The van der Waals surface area contributed by atoms with E-state index in [-0.39, 0.29) is 18.4 Å². The molecule has 1 aliphatic rings. The number of aliphatic carboxylic acids is 1. The zero-order chi connectivity index (χ0) is 15.4. The average molecular weight is 310 g/mol. The maximum absolute atomic E-state index is 10.9. The van der Waals surface area contributed by atoms with Crippen molar-refractivity contribution in [1.82, 2.24) is 4.90 Å². The van der Waals surface area contributed by atoms with Crippen LogP contribution in [0.15, 0.2) is 24.3 Å². The predicted octanol–water partition coefficient (Wildman–Crippen LogP) is 4.22.